The molecule has 2 aliphatic heterocycles. The largest absolute Gasteiger partial charge is 0.352 e. The molecule has 1 atom stereocenters. The van der Waals surface area contributed by atoms with E-state index in [2.05, 4.69) is 51.5 Å². The first-order chi connectivity index (χ1) is 15.5. The highest BCUT2D eigenvalue weighted by atomic mass is 127. The highest BCUT2D eigenvalue weighted by Crippen LogP contribution is 2.19. The van der Waals surface area contributed by atoms with E-state index in [0.29, 0.717) is 25.7 Å². The summed E-state index contributed by atoms with van der Waals surface area (Å²) >= 11 is 0. The summed E-state index contributed by atoms with van der Waals surface area (Å²) in [5.41, 5.74) is 3.42. The quantitative estimate of drug-likeness (QED) is 0.343. The average Bonchev–Trinajstić information content (AvgIpc) is 3.23. The lowest BCUT2D eigenvalue weighted by atomic mass is 10.0. The van der Waals surface area contributed by atoms with Crippen LogP contribution in [0.4, 0.5) is 5.69 Å². The first-order valence-corrected chi connectivity index (χ1v) is 11.6. The van der Waals surface area contributed by atoms with Gasteiger partial charge in [0.15, 0.2) is 5.96 Å². The molecule has 33 heavy (non-hydrogen) atoms. The molecule has 1 aromatic carbocycles. The Bertz CT molecular complexity index is 943. The van der Waals surface area contributed by atoms with E-state index in [0.717, 1.165) is 24.7 Å². The average molecular weight is 566 g/mol. The van der Waals surface area contributed by atoms with Gasteiger partial charge in [0.2, 0.25) is 5.91 Å². The van der Waals surface area contributed by atoms with Crippen LogP contribution in [0, 0.1) is 0 Å². The van der Waals surface area contributed by atoms with Gasteiger partial charge in [-0.1, -0.05) is 30.7 Å². The third-order valence-electron chi connectivity index (χ3n) is 6.53. The monoisotopic (exact) mass is 565 g/mol. The molecule has 2 aliphatic rings. The number of hydrogen-bond donors (Lipinski definition) is 1. The van der Waals surface area contributed by atoms with Crippen LogP contribution in [0.2, 0.25) is 0 Å². The van der Waals surface area contributed by atoms with E-state index in [4.69, 9.17) is 0 Å². The Morgan fingerprint density at radius 1 is 1.15 bits per heavy atom. The van der Waals surface area contributed by atoms with Crippen LogP contribution in [-0.2, 0) is 24.9 Å². The molecule has 0 radical (unpaired) electrons. The number of hydrogen-bond acceptors (Lipinski definition) is 4. The Kier molecular flexibility index (Phi) is 9.13. The summed E-state index contributed by atoms with van der Waals surface area (Å²) in [6.45, 7) is 6.91. The van der Waals surface area contributed by atoms with E-state index in [1.54, 1.807) is 22.8 Å². The number of likely N-dealkylation sites (tertiary alicyclic amines) is 1. The van der Waals surface area contributed by atoms with Crippen molar-refractivity contribution in [3.63, 3.8) is 0 Å². The van der Waals surface area contributed by atoms with E-state index in [9.17, 15) is 4.79 Å². The summed E-state index contributed by atoms with van der Waals surface area (Å²) in [5, 5.41) is 7.59. The van der Waals surface area contributed by atoms with Gasteiger partial charge in [0.25, 0.3) is 0 Å². The molecule has 3 heterocycles. The number of halogens is 1. The minimum atomic E-state index is 0. The Morgan fingerprint density at radius 2 is 1.91 bits per heavy atom. The summed E-state index contributed by atoms with van der Waals surface area (Å²) in [7, 11) is 3.62. The number of nitrogens with one attached hydrogen (secondary N) is 1. The summed E-state index contributed by atoms with van der Waals surface area (Å²) in [6, 6.07) is 9.52. The van der Waals surface area contributed by atoms with Gasteiger partial charge >= 0.3 is 0 Å². The number of piperidine rings is 1. The number of anilines is 1. The summed E-state index contributed by atoms with van der Waals surface area (Å²) in [6.07, 6.45) is 7.57. The van der Waals surface area contributed by atoms with E-state index < -0.39 is 0 Å². The van der Waals surface area contributed by atoms with Crippen LogP contribution in [0.3, 0.4) is 0 Å². The van der Waals surface area contributed by atoms with E-state index in [-0.39, 0.29) is 29.9 Å². The molecule has 180 valence electrons. The minimum Gasteiger partial charge on any atom is -0.352 e. The predicted octanol–water partition coefficient (Wildman–Crippen LogP) is 2.84. The molecule has 1 amide bonds. The van der Waals surface area contributed by atoms with E-state index in [1.807, 2.05) is 18.1 Å². The number of rotatable bonds is 5. The van der Waals surface area contributed by atoms with Gasteiger partial charge in [-0.3, -0.25) is 19.4 Å². The van der Waals surface area contributed by atoms with Crippen molar-refractivity contribution in [1.29, 1.82) is 0 Å². The molecule has 8 nitrogen and oxygen atoms in total. The number of carbonyl (C=O) groups is 1. The van der Waals surface area contributed by atoms with Crippen molar-refractivity contribution >= 4 is 41.5 Å². The number of nitrogens with zero attached hydrogens (tertiary/aromatic N) is 6. The summed E-state index contributed by atoms with van der Waals surface area (Å²) in [4.78, 5) is 23.5. The molecular formula is C24H36IN7O. The van der Waals surface area contributed by atoms with Crippen molar-refractivity contribution in [1.82, 2.24) is 24.9 Å². The smallest absolute Gasteiger partial charge is 0.246 e. The lowest BCUT2D eigenvalue weighted by Crippen LogP contribution is -2.55. The molecule has 1 aromatic heterocycles. The van der Waals surface area contributed by atoms with Crippen LogP contribution in [0.25, 0.3) is 0 Å². The van der Waals surface area contributed by atoms with Gasteiger partial charge in [0.05, 0.1) is 11.9 Å². The van der Waals surface area contributed by atoms with Crippen LogP contribution >= 0.6 is 24.0 Å². The molecular weight excluding hydrogens is 529 g/mol. The maximum Gasteiger partial charge on any atom is 0.246 e. The van der Waals surface area contributed by atoms with Crippen molar-refractivity contribution in [3.05, 3.63) is 47.8 Å². The van der Waals surface area contributed by atoms with Gasteiger partial charge in [-0.2, -0.15) is 5.10 Å². The summed E-state index contributed by atoms with van der Waals surface area (Å²) < 4.78 is 1.72. The fourth-order valence-corrected chi connectivity index (χ4v) is 4.58. The predicted molar refractivity (Wildman–Crippen MR) is 143 cm³/mol. The van der Waals surface area contributed by atoms with E-state index in [1.165, 1.54) is 36.9 Å². The number of amides is 1. The molecule has 2 saturated heterocycles. The third kappa shape index (κ3) is 6.47. The zero-order valence-corrected chi connectivity index (χ0v) is 22.2. The zero-order valence-electron chi connectivity index (χ0n) is 19.9. The first kappa shape index (κ1) is 25.5. The highest BCUT2D eigenvalue weighted by Gasteiger charge is 2.27. The van der Waals surface area contributed by atoms with Gasteiger partial charge in [0, 0.05) is 52.5 Å². The maximum atomic E-state index is 12.7. The van der Waals surface area contributed by atoms with Crippen molar-refractivity contribution in [2.24, 2.45) is 12.0 Å². The number of aliphatic imine (C=N–C) groups is 1. The SMILES string of the molecule is CN=C(NCc1ccc(CN2CCCCC2C)cc1)N1CCN(c2cnn(C)c2)C(=O)C1.I. The Hall–Kier alpha value is -2.14. The van der Waals surface area contributed by atoms with Crippen LogP contribution < -0.4 is 10.2 Å². The fraction of sp³-hybridized carbons (Fsp3) is 0.542. The molecule has 1 N–H and O–H groups in total. The second kappa shape index (κ2) is 11.8. The van der Waals surface area contributed by atoms with Crippen LogP contribution in [0.1, 0.15) is 37.3 Å². The van der Waals surface area contributed by atoms with Gasteiger partial charge in [-0.15, -0.1) is 24.0 Å². The molecule has 2 fully saturated rings. The van der Waals surface area contributed by atoms with Crippen molar-refractivity contribution in [2.45, 2.75) is 45.3 Å². The number of aromatic nitrogens is 2. The topological polar surface area (TPSA) is 69.0 Å². The fourth-order valence-electron chi connectivity index (χ4n) is 4.58. The van der Waals surface area contributed by atoms with Crippen molar-refractivity contribution in [3.8, 4) is 0 Å². The van der Waals surface area contributed by atoms with E-state index >= 15 is 0 Å². The van der Waals surface area contributed by atoms with Crippen LogP contribution in [-0.4, -0.2) is 70.7 Å². The van der Waals surface area contributed by atoms with Crippen LogP contribution in [0.15, 0.2) is 41.7 Å². The molecule has 2 aromatic rings. The lowest BCUT2D eigenvalue weighted by molar-refractivity contribution is -0.120. The molecule has 0 spiro atoms. The molecule has 0 bridgehead atoms. The number of guanidine groups is 1. The molecule has 0 aliphatic carbocycles. The normalized spacial score (nSPS) is 20.0. The van der Waals surface area contributed by atoms with Gasteiger partial charge < -0.3 is 15.1 Å². The van der Waals surface area contributed by atoms with Crippen molar-refractivity contribution < 1.29 is 4.79 Å². The highest BCUT2D eigenvalue weighted by molar-refractivity contribution is 14.0. The molecule has 4 rings (SSSR count). The van der Waals surface area contributed by atoms with Gasteiger partial charge in [-0.05, 0) is 37.4 Å². The molecule has 1 unspecified atom stereocenters. The Labute approximate surface area is 214 Å². The molecule has 0 saturated carbocycles. The number of benzene rings is 1. The Morgan fingerprint density at radius 3 is 2.55 bits per heavy atom. The van der Waals surface area contributed by atoms with Crippen molar-refractivity contribution in [2.75, 3.05) is 38.1 Å². The first-order valence-electron chi connectivity index (χ1n) is 11.6. The number of carbonyl (C=O) groups excluding carboxylic acids is 1. The van der Waals surface area contributed by atoms with Gasteiger partial charge in [0.1, 0.15) is 6.54 Å². The zero-order chi connectivity index (χ0) is 22.5. The standard InChI is InChI=1S/C24H35N7O.HI/c1-19-6-4-5-11-29(19)16-21-9-7-20(8-10-21)14-26-24(25-2)30-12-13-31(23(32)18-30)22-15-27-28(3)17-22;/h7-10,15,17,19H,4-6,11-14,16,18H2,1-3H3,(H,25,26);1H. The maximum absolute atomic E-state index is 12.7. The van der Waals surface area contributed by atoms with Gasteiger partial charge in [-0.25, -0.2) is 0 Å². The minimum absolute atomic E-state index is 0. The second-order valence-electron chi connectivity index (χ2n) is 8.87. The summed E-state index contributed by atoms with van der Waals surface area (Å²) in [5.74, 6) is 0.818. The number of aryl methyl sites for hydroxylation is 1. The number of piperazine rings is 1. The van der Waals surface area contributed by atoms with Crippen LogP contribution in [0.5, 0.6) is 0 Å². The molecule has 9 heteroatoms. The lowest BCUT2D eigenvalue weighted by Gasteiger charge is -2.35. The third-order valence-corrected chi connectivity index (χ3v) is 6.53. The second-order valence-corrected chi connectivity index (χ2v) is 8.87. The Balaban J connectivity index is 0.00000306.